The van der Waals surface area contributed by atoms with Gasteiger partial charge >= 0.3 is 5.97 Å². The van der Waals surface area contributed by atoms with Crippen molar-refractivity contribution in [3.05, 3.63) is 24.3 Å². The molecule has 90 valence electrons. The van der Waals surface area contributed by atoms with Crippen molar-refractivity contribution in [3.63, 3.8) is 0 Å². The van der Waals surface area contributed by atoms with E-state index in [1.165, 1.54) is 6.08 Å². The van der Waals surface area contributed by atoms with Crippen LogP contribution in [-0.2, 0) is 9.59 Å². The average Bonchev–Trinajstić information content (AvgIpc) is 2.25. The van der Waals surface area contributed by atoms with Crippen LogP contribution >= 0.6 is 0 Å². The second-order valence-electron chi connectivity index (χ2n) is 3.65. The van der Waals surface area contributed by atoms with E-state index in [-0.39, 0.29) is 6.42 Å². The predicted molar refractivity (Wildman–Crippen MR) is 64.3 cm³/mol. The Morgan fingerprint density at radius 2 is 1.62 bits per heavy atom. The van der Waals surface area contributed by atoms with Gasteiger partial charge in [-0.25, -0.2) is 0 Å². The number of carbonyl (C=O) groups excluding carboxylic acids is 1. The van der Waals surface area contributed by atoms with Gasteiger partial charge in [0.15, 0.2) is 0 Å². The number of carboxylic acids is 1. The molecule has 0 saturated heterocycles. The monoisotopic (exact) mass is 224 g/mol. The first-order valence-electron chi connectivity index (χ1n) is 5.76. The Balaban J connectivity index is 3.15. The molecule has 0 spiro atoms. The molecule has 3 heteroatoms. The van der Waals surface area contributed by atoms with Crippen LogP contribution in [0.15, 0.2) is 24.3 Å². The van der Waals surface area contributed by atoms with Crippen LogP contribution in [0.25, 0.3) is 0 Å². The molecule has 0 aromatic heterocycles. The maximum Gasteiger partial charge on any atom is 0.303 e. The molecule has 0 amide bonds. The van der Waals surface area contributed by atoms with Gasteiger partial charge in [-0.05, 0) is 25.3 Å². The van der Waals surface area contributed by atoms with Crippen molar-refractivity contribution in [1.82, 2.24) is 0 Å². The Morgan fingerprint density at radius 1 is 0.938 bits per heavy atom. The highest BCUT2D eigenvalue weighted by atomic mass is 16.4. The van der Waals surface area contributed by atoms with Crippen LogP contribution in [0.5, 0.6) is 0 Å². The van der Waals surface area contributed by atoms with Gasteiger partial charge in [0, 0.05) is 6.42 Å². The number of rotatable bonds is 10. The highest BCUT2D eigenvalue weighted by Crippen LogP contribution is 2.07. The molecular weight excluding hydrogens is 204 g/mol. The largest absolute Gasteiger partial charge is 0.481 e. The maximum absolute atomic E-state index is 10.2. The quantitative estimate of drug-likeness (QED) is 0.268. The van der Waals surface area contributed by atoms with Crippen molar-refractivity contribution in [2.24, 2.45) is 0 Å². The minimum Gasteiger partial charge on any atom is -0.481 e. The molecule has 0 aromatic carbocycles. The van der Waals surface area contributed by atoms with E-state index in [2.05, 4.69) is 0 Å². The van der Waals surface area contributed by atoms with Crippen LogP contribution in [-0.4, -0.2) is 17.4 Å². The van der Waals surface area contributed by atoms with E-state index in [1.807, 2.05) is 12.2 Å². The third-order valence-corrected chi connectivity index (χ3v) is 2.20. The molecule has 0 atom stereocenters. The highest BCUT2D eigenvalue weighted by Gasteiger charge is 1.95. The van der Waals surface area contributed by atoms with Crippen LogP contribution in [0.1, 0.15) is 44.9 Å². The summed E-state index contributed by atoms with van der Waals surface area (Å²) in [6.45, 7) is 0. The van der Waals surface area contributed by atoms with Crippen molar-refractivity contribution < 1.29 is 14.7 Å². The van der Waals surface area contributed by atoms with E-state index in [4.69, 9.17) is 5.11 Å². The van der Waals surface area contributed by atoms with Crippen molar-refractivity contribution in [1.29, 1.82) is 0 Å². The number of hydrogen-bond donors (Lipinski definition) is 1. The standard InChI is InChI=1S/C13H20O3/c14-12-10-8-6-4-2-1-3-5-7-9-11-13(15)16/h4,6,8,10,12H,1-3,5,7,9,11H2,(H,15,16)/b6-4+,10-8+. The van der Waals surface area contributed by atoms with Gasteiger partial charge in [0.25, 0.3) is 0 Å². The molecule has 0 rings (SSSR count). The number of unbranched alkanes of at least 4 members (excludes halogenated alkanes) is 5. The summed E-state index contributed by atoms with van der Waals surface area (Å²) in [5.74, 6) is -0.704. The Hall–Kier alpha value is -1.38. The van der Waals surface area contributed by atoms with Gasteiger partial charge in [0.2, 0.25) is 0 Å². The fourth-order valence-electron chi connectivity index (χ4n) is 1.35. The van der Waals surface area contributed by atoms with Crippen molar-refractivity contribution in [3.8, 4) is 0 Å². The number of aldehydes is 1. The SMILES string of the molecule is O=C/C=C/C=C/CCCCCCCC(=O)O. The van der Waals surface area contributed by atoms with E-state index >= 15 is 0 Å². The number of allylic oxidation sites excluding steroid dienone is 4. The summed E-state index contributed by atoms with van der Waals surface area (Å²) in [5.41, 5.74) is 0. The Morgan fingerprint density at radius 3 is 2.31 bits per heavy atom. The molecule has 0 unspecified atom stereocenters. The molecule has 0 radical (unpaired) electrons. The second kappa shape index (κ2) is 11.7. The summed E-state index contributed by atoms with van der Waals surface area (Å²) in [6, 6.07) is 0. The zero-order valence-electron chi connectivity index (χ0n) is 9.60. The molecule has 0 aliphatic carbocycles. The minimum absolute atomic E-state index is 0.288. The lowest BCUT2D eigenvalue weighted by atomic mass is 10.1. The molecule has 0 saturated carbocycles. The topological polar surface area (TPSA) is 54.4 Å². The molecule has 0 aromatic rings. The molecule has 0 heterocycles. The lowest BCUT2D eigenvalue weighted by Crippen LogP contribution is -1.93. The normalized spacial score (nSPS) is 11.2. The predicted octanol–water partition coefficient (Wildman–Crippen LogP) is 3.11. The third kappa shape index (κ3) is 12.6. The van der Waals surface area contributed by atoms with Gasteiger partial charge in [-0.1, -0.05) is 37.5 Å². The third-order valence-electron chi connectivity index (χ3n) is 2.20. The van der Waals surface area contributed by atoms with Gasteiger partial charge in [0.1, 0.15) is 6.29 Å². The first kappa shape index (κ1) is 14.6. The second-order valence-corrected chi connectivity index (χ2v) is 3.65. The van der Waals surface area contributed by atoms with Gasteiger partial charge < -0.3 is 5.11 Å². The highest BCUT2D eigenvalue weighted by molar-refractivity contribution is 5.66. The maximum atomic E-state index is 10.2. The van der Waals surface area contributed by atoms with Crippen LogP contribution < -0.4 is 0 Å². The average molecular weight is 224 g/mol. The zero-order chi connectivity index (χ0) is 12.1. The number of aliphatic carboxylic acids is 1. The van der Waals surface area contributed by atoms with Crippen LogP contribution in [0.4, 0.5) is 0 Å². The molecular formula is C13H20O3. The summed E-state index contributed by atoms with van der Waals surface area (Å²) in [4.78, 5) is 20.1. The zero-order valence-corrected chi connectivity index (χ0v) is 9.60. The van der Waals surface area contributed by atoms with Crippen LogP contribution in [0.2, 0.25) is 0 Å². The van der Waals surface area contributed by atoms with Crippen molar-refractivity contribution in [2.45, 2.75) is 44.9 Å². The fourth-order valence-corrected chi connectivity index (χ4v) is 1.35. The smallest absolute Gasteiger partial charge is 0.303 e. The summed E-state index contributed by atoms with van der Waals surface area (Å²) >= 11 is 0. The lowest BCUT2D eigenvalue weighted by Gasteiger charge is -1.97. The Labute approximate surface area is 96.9 Å². The molecule has 0 fully saturated rings. The minimum atomic E-state index is -0.704. The Kier molecular flexibility index (Phi) is 10.7. The molecule has 0 aliphatic rings. The van der Waals surface area contributed by atoms with Gasteiger partial charge in [-0.3, -0.25) is 9.59 Å². The number of carbonyl (C=O) groups is 2. The molecule has 0 aliphatic heterocycles. The van der Waals surface area contributed by atoms with E-state index in [0.29, 0.717) is 0 Å². The van der Waals surface area contributed by atoms with Crippen molar-refractivity contribution in [2.75, 3.05) is 0 Å². The molecule has 1 N–H and O–H groups in total. The van der Waals surface area contributed by atoms with E-state index < -0.39 is 5.97 Å². The van der Waals surface area contributed by atoms with E-state index in [0.717, 1.165) is 44.8 Å². The van der Waals surface area contributed by atoms with Crippen molar-refractivity contribution >= 4 is 12.3 Å². The molecule has 16 heavy (non-hydrogen) atoms. The summed E-state index contributed by atoms with van der Waals surface area (Å²) in [6.07, 6.45) is 14.3. The Bertz CT molecular complexity index is 242. The van der Waals surface area contributed by atoms with E-state index in [1.54, 1.807) is 6.08 Å². The number of carboxylic acid groups (broad SMARTS) is 1. The summed E-state index contributed by atoms with van der Waals surface area (Å²) in [5, 5.41) is 8.42. The van der Waals surface area contributed by atoms with Gasteiger partial charge in [-0.15, -0.1) is 0 Å². The van der Waals surface area contributed by atoms with Crippen LogP contribution in [0, 0.1) is 0 Å². The summed E-state index contributed by atoms with van der Waals surface area (Å²) < 4.78 is 0. The molecule has 0 bridgehead atoms. The number of hydrogen-bond acceptors (Lipinski definition) is 2. The fraction of sp³-hybridized carbons (Fsp3) is 0.538. The van der Waals surface area contributed by atoms with Crippen LogP contribution in [0.3, 0.4) is 0 Å². The first-order chi connectivity index (χ1) is 7.77. The first-order valence-corrected chi connectivity index (χ1v) is 5.76. The van der Waals surface area contributed by atoms with Gasteiger partial charge in [0.05, 0.1) is 0 Å². The van der Waals surface area contributed by atoms with E-state index in [9.17, 15) is 9.59 Å². The lowest BCUT2D eigenvalue weighted by molar-refractivity contribution is -0.137. The van der Waals surface area contributed by atoms with Gasteiger partial charge in [-0.2, -0.15) is 0 Å². The summed E-state index contributed by atoms with van der Waals surface area (Å²) in [7, 11) is 0. The molecule has 3 nitrogen and oxygen atoms in total.